The molecule has 25 heavy (non-hydrogen) atoms. The van der Waals surface area contributed by atoms with Gasteiger partial charge in [-0.25, -0.2) is 0 Å². The van der Waals surface area contributed by atoms with E-state index in [0.29, 0.717) is 22.7 Å². The third-order valence-corrected chi connectivity index (χ3v) is 3.48. The van der Waals surface area contributed by atoms with Crippen LogP contribution in [0, 0.1) is 6.92 Å². The summed E-state index contributed by atoms with van der Waals surface area (Å²) in [5, 5.41) is 5.53. The highest BCUT2D eigenvalue weighted by atomic mass is 16.3. The summed E-state index contributed by atoms with van der Waals surface area (Å²) in [6.07, 6.45) is 3.37. The third-order valence-electron chi connectivity index (χ3n) is 3.48. The van der Waals surface area contributed by atoms with Gasteiger partial charge in [-0.2, -0.15) is 0 Å². The monoisotopic (exact) mass is 335 g/mol. The van der Waals surface area contributed by atoms with Crippen LogP contribution in [0.5, 0.6) is 0 Å². The molecule has 2 aromatic heterocycles. The van der Waals surface area contributed by atoms with Gasteiger partial charge in [-0.15, -0.1) is 0 Å². The molecule has 6 nitrogen and oxygen atoms in total. The molecule has 2 N–H and O–H groups in total. The number of anilines is 2. The van der Waals surface area contributed by atoms with Gasteiger partial charge in [0.1, 0.15) is 11.5 Å². The van der Waals surface area contributed by atoms with Crippen LogP contribution in [0.2, 0.25) is 0 Å². The van der Waals surface area contributed by atoms with Gasteiger partial charge >= 0.3 is 0 Å². The Morgan fingerprint density at radius 1 is 1.00 bits per heavy atom. The van der Waals surface area contributed by atoms with Crippen LogP contribution in [0.1, 0.15) is 21.9 Å². The Hall–Kier alpha value is -3.41. The first-order chi connectivity index (χ1) is 12.1. The summed E-state index contributed by atoms with van der Waals surface area (Å²) in [7, 11) is 0. The van der Waals surface area contributed by atoms with Crippen molar-refractivity contribution in [2.45, 2.75) is 13.3 Å². The molecule has 2 heterocycles. The van der Waals surface area contributed by atoms with Gasteiger partial charge in [-0.3, -0.25) is 14.6 Å². The van der Waals surface area contributed by atoms with Gasteiger partial charge in [-0.05, 0) is 55.5 Å². The van der Waals surface area contributed by atoms with E-state index >= 15 is 0 Å². The Morgan fingerprint density at radius 2 is 1.80 bits per heavy atom. The summed E-state index contributed by atoms with van der Waals surface area (Å²) in [5.41, 5.74) is 1.73. The molecule has 0 fully saturated rings. The molecule has 2 amide bonds. The molecule has 0 saturated heterocycles. The zero-order chi connectivity index (χ0) is 17.6. The Labute approximate surface area is 144 Å². The van der Waals surface area contributed by atoms with Gasteiger partial charge in [0.05, 0.1) is 18.3 Å². The summed E-state index contributed by atoms with van der Waals surface area (Å²) < 4.78 is 5.38. The number of carbonyl (C=O) groups is 2. The van der Waals surface area contributed by atoms with Gasteiger partial charge in [0.15, 0.2) is 0 Å². The fourth-order valence-electron chi connectivity index (χ4n) is 2.29. The van der Waals surface area contributed by atoms with Crippen LogP contribution in [0.15, 0.2) is 65.3 Å². The first-order valence-electron chi connectivity index (χ1n) is 7.77. The SMILES string of the molecule is Cc1ccc(CC(=O)Nc2ccc(C(=O)Nc3cccnc3)cc2)o1. The minimum Gasteiger partial charge on any atom is -0.466 e. The first-order valence-corrected chi connectivity index (χ1v) is 7.77. The number of amides is 2. The molecule has 0 aliphatic carbocycles. The van der Waals surface area contributed by atoms with E-state index in [1.165, 1.54) is 0 Å². The third kappa shape index (κ3) is 4.54. The molecular weight excluding hydrogens is 318 g/mol. The van der Waals surface area contributed by atoms with Gasteiger partial charge in [0.2, 0.25) is 5.91 Å². The van der Waals surface area contributed by atoms with E-state index in [1.54, 1.807) is 54.9 Å². The van der Waals surface area contributed by atoms with Crippen molar-refractivity contribution >= 4 is 23.2 Å². The number of aromatic nitrogens is 1. The summed E-state index contributed by atoms with van der Waals surface area (Å²) in [5.74, 6) is 0.966. The number of carbonyl (C=O) groups excluding carboxylic acids is 2. The highest BCUT2D eigenvalue weighted by Crippen LogP contribution is 2.13. The Bertz CT molecular complexity index is 870. The smallest absolute Gasteiger partial charge is 0.255 e. The quantitative estimate of drug-likeness (QED) is 0.748. The maximum Gasteiger partial charge on any atom is 0.255 e. The van der Waals surface area contributed by atoms with E-state index in [-0.39, 0.29) is 18.2 Å². The number of pyridine rings is 1. The zero-order valence-electron chi connectivity index (χ0n) is 13.7. The topological polar surface area (TPSA) is 84.2 Å². The highest BCUT2D eigenvalue weighted by Gasteiger charge is 2.09. The lowest BCUT2D eigenvalue weighted by Gasteiger charge is -2.07. The molecule has 0 radical (unpaired) electrons. The van der Waals surface area contributed by atoms with E-state index < -0.39 is 0 Å². The summed E-state index contributed by atoms with van der Waals surface area (Å²) in [4.78, 5) is 28.1. The fourth-order valence-corrected chi connectivity index (χ4v) is 2.29. The molecule has 6 heteroatoms. The van der Waals surface area contributed by atoms with Crippen molar-refractivity contribution in [3.63, 3.8) is 0 Å². The number of aryl methyl sites for hydroxylation is 1. The van der Waals surface area contributed by atoms with Gasteiger partial charge in [0, 0.05) is 17.4 Å². The minimum absolute atomic E-state index is 0.164. The number of nitrogens with zero attached hydrogens (tertiary/aromatic N) is 1. The van der Waals surface area contributed by atoms with E-state index in [4.69, 9.17) is 4.42 Å². The number of furan rings is 1. The minimum atomic E-state index is -0.239. The zero-order valence-corrected chi connectivity index (χ0v) is 13.7. The molecule has 3 aromatic rings. The van der Waals surface area contributed by atoms with Crippen molar-refractivity contribution in [3.8, 4) is 0 Å². The van der Waals surface area contributed by atoms with Crippen LogP contribution < -0.4 is 10.6 Å². The lowest BCUT2D eigenvalue weighted by molar-refractivity contribution is -0.115. The van der Waals surface area contributed by atoms with Crippen LogP contribution in [0.3, 0.4) is 0 Å². The standard InChI is InChI=1S/C19H17N3O3/c1-13-4-9-17(25-13)11-18(23)21-15-7-5-14(6-8-15)19(24)22-16-3-2-10-20-12-16/h2-10,12H,11H2,1H3,(H,21,23)(H,22,24). The van der Waals surface area contributed by atoms with E-state index in [1.807, 2.05) is 13.0 Å². The van der Waals surface area contributed by atoms with Crippen molar-refractivity contribution < 1.29 is 14.0 Å². The summed E-state index contributed by atoms with van der Waals surface area (Å²) in [6, 6.07) is 13.8. The average Bonchev–Trinajstić information content (AvgIpc) is 3.01. The van der Waals surface area contributed by atoms with Crippen molar-refractivity contribution in [1.82, 2.24) is 4.98 Å². The molecule has 0 saturated carbocycles. The first kappa shape index (κ1) is 16.4. The largest absolute Gasteiger partial charge is 0.466 e. The van der Waals surface area contributed by atoms with Gasteiger partial charge < -0.3 is 15.1 Å². The normalized spacial score (nSPS) is 10.3. The second-order valence-corrected chi connectivity index (χ2v) is 5.51. The fraction of sp³-hybridized carbons (Fsp3) is 0.105. The van der Waals surface area contributed by atoms with Gasteiger partial charge in [-0.1, -0.05) is 0 Å². The number of rotatable bonds is 5. The van der Waals surface area contributed by atoms with Crippen molar-refractivity contribution in [2.24, 2.45) is 0 Å². The molecule has 126 valence electrons. The molecule has 0 unspecified atom stereocenters. The predicted molar refractivity (Wildman–Crippen MR) is 94.4 cm³/mol. The molecule has 0 aliphatic heterocycles. The van der Waals surface area contributed by atoms with Crippen molar-refractivity contribution in [2.75, 3.05) is 10.6 Å². The Morgan fingerprint density at radius 3 is 2.44 bits per heavy atom. The predicted octanol–water partition coefficient (Wildman–Crippen LogP) is 3.42. The molecular formula is C19H17N3O3. The number of benzene rings is 1. The maximum absolute atomic E-state index is 12.2. The van der Waals surface area contributed by atoms with E-state index in [9.17, 15) is 9.59 Å². The molecule has 0 atom stereocenters. The lowest BCUT2D eigenvalue weighted by atomic mass is 10.2. The van der Waals surface area contributed by atoms with E-state index in [2.05, 4.69) is 15.6 Å². The highest BCUT2D eigenvalue weighted by molar-refractivity contribution is 6.04. The van der Waals surface area contributed by atoms with E-state index in [0.717, 1.165) is 5.76 Å². The van der Waals surface area contributed by atoms with Crippen molar-refractivity contribution in [1.29, 1.82) is 0 Å². The lowest BCUT2D eigenvalue weighted by Crippen LogP contribution is -2.15. The number of nitrogens with one attached hydrogen (secondary N) is 2. The number of hydrogen-bond donors (Lipinski definition) is 2. The Kier molecular flexibility index (Phi) is 4.89. The second kappa shape index (κ2) is 7.44. The second-order valence-electron chi connectivity index (χ2n) is 5.51. The molecule has 0 bridgehead atoms. The van der Waals surface area contributed by atoms with Crippen LogP contribution in [-0.4, -0.2) is 16.8 Å². The Balaban J connectivity index is 1.58. The van der Waals surface area contributed by atoms with Crippen molar-refractivity contribution in [3.05, 3.63) is 78.0 Å². The molecule has 1 aromatic carbocycles. The molecule has 3 rings (SSSR count). The van der Waals surface area contributed by atoms with Crippen LogP contribution in [0.4, 0.5) is 11.4 Å². The molecule has 0 spiro atoms. The molecule has 0 aliphatic rings. The number of hydrogen-bond acceptors (Lipinski definition) is 4. The van der Waals surface area contributed by atoms with Crippen LogP contribution in [-0.2, 0) is 11.2 Å². The van der Waals surface area contributed by atoms with Crippen LogP contribution in [0.25, 0.3) is 0 Å². The van der Waals surface area contributed by atoms with Gasteiger partial charge in [0.25, 0.3) is 5.91 Å². The van der Waals surface area contributed by atoms with Crippen LogP contribution >= 0.6 is 0 Å². The maximum atomic E-state index is 12.2. The average molecular weight is 335 g/mol. The summed E-state index contributed by atoms with van der Waals surface area (Å²) >= 11 is 0. The summed E-state index contributed by atoms with van der Waals surface area (Å²) in [6.45, 7) is 1.83.